The smallest absolute Gasteiger partial charge is 0.253 e. The zero-order valence-electron chi connectivity index (χ0n) is 24.4. The van der Waals surface area contributed by atoms with Crippen LogP contribution in [0.1, 0.15) is 77.9 Å². The molecule has 214 valence electrons. The molecule has 9 heteroatoms. The van der Waals surface area contributed by atoms with Crippen molar-refractivity contribution >= 4 is 17.7 Å². The maximum Gasteiger partial charge on any atom is 0.253 e. The quantitative estimate of drug-likeness (QED) is 0.504. The lowest BCUT2D eigenvalue weighted by Crippen LogP contribution is -2.40. The molecule has 39 heavy (non-hydrogen) atoms. The van der Waals surface area contributed by atoms with Gasteiger partial charge in [0.2, 0.25) is 5.95 Å². The van der Waals surface area contributed by atoms with Crippen LogP contribution in [0.15, 0.2) is 6.07 Å². The van der Waals surface area contributed by atoms with E-state index in [2.05, 4.69) is 59.0 Å². The molecule has 0 bridgehead atoms. The largest absolute Gasteiger partial charge is 0.379 e. The van der Waals surface area contributed by atoms with E-state index in [1.54, 1.807) is 0 Å². The molecule has 9 nitrogen and oxygen atoms in total. The van der Waals surface area contributed by atoms with Gasteiger partial charge in [-0.3, -0.25) is 9.69 Å². The van der Waals surface area contributed by atoms with Crippen molar-refractivity contribution in [2.24, 2.45) is 0 Å². The van der Waals surface area contributed by atoms with Gasteiger partial charge in [-0.05, 0) is 77.7 Å². The van der Waals surface area contributed by atoms with Crippen LogP contribution >= 0.6 is 0 Å². The van der Waals surface area contributed by atoms with Gasteiger partial charge in [0, 0.05) is 69.3 Å². The van der Waals surface area contributed by atoms with Crippen molar-refractivity contribution in [1.82, 2.24) is 24.8 Å². The Balaban J connectivity index is 1.12. The molecule has 0 aromatic carbocycles. The molecule has 5 rings (SSSR count). The highest BCUT2D eigenvalue weighted by molar-refractivity contribution is 5.95. The number of amides is 1. The van der Waals surface area contributed by atoms with Crippen LogP contribution < -0.4 is 15.5 Å². The molecule has 2 N–H and O–H groups in total. The van der Waals surface area contributed by atoms with E-state index in [9.17, 15) is 4.79 Å². The van der Waals surface area contributed by atoms with Gasteiger partial charge in [-0.15, -0.1) is 0 Å². The number of carbonyl (C=O) groups excluding carboxylic acids is 1. The molecule has 0 atom stereocenters. The highest BCUT2D eigenvalue weighted by Gasteiger charge is 2.26. The average Bonchev–Trinajstić information content (AvgIpc) is 3.23. The monoisotopic (exact) mass is 537 g/mol. The van der Waals surface area contributed by atoms with Gasteiger partial charge in [0.25, 0.3) is 5.91 Å². The van der Waals surface area contributed by atoms with Gasteiger partial charge in [-0.2, -0.15) is 4.98 Å². The van der Waals surface area contributed by atoms with Gasteiger partial charge < -0.3 is 24.8 Å². The molecule has 0 radical (unpaired) electrons. The summed E-state index contributed by atoms with van der Waals surface area (Å²) in [6, 6.07) is 2.61. The minimum absolute atomic E-state index is 0.0626. The molecule has 0 spiro atoms. The van der Waals surface area contributed by atoms with Crippen molar-refractivity contribution in [1.29, 1.82) is 0 Å². The zero-order valence-corrected chi connectivity index (χ0v) is 24.4. The summed E-state index contributed by atoms with van der Waals surface area (Å²) >= 11 is 0. The summed E-state index contributed by atoms with van der Waals surface area (Å²) in [5.41, 5.74) is 5.58. The van der Waals surface area contributed by atoms with E-state index in [1.165, 1.54) is 24.1 Å². The van der Waals surface area contributed by atoms with Crippen LogP contribution in [0.5, 0.6) is 0 Å². The number of hydrogen-bond donors (Lipinski definition) is 2. The fourth-order valence-corrected chi connectivity index (χ4v) is 6.49. The first kappa shape index (κ1) is 27.9. The number of fused-ring (bicyclic) bond motifs is 1. The van der Waals surface area contributed by atoms with Gasteiger partial charge in [-0.25, -0.2) is 4.98 Å². The number of aryl methyl sites for hydroxylation is 2. The Bertz CT molecular complexity index is 1130. The normalized spacial score (nSPS) is 21.8. The molecule has 3 heterocycles. The predicted octanol–water partition coefficient (Wildman–Crippen LogP) is 3.72. The summed E-state index contributed by atoms with van der Waals surface area (Å²) in [6.45, 7) is 9.93. The second-order valence-corrected chi connectivity index (χ2v) is 11.8. The van der Waals surface area contributed by atoms with Crippen molar-refractivity contribution in [2.75, 3.05) is 57.2 Å². The van der Waals surface area contributed by atoms with E-state index >= 15 is 0 Å². The summed E-state index contributed by atoms with van der Waals surface area (Å²) in [5, 5.41) is 6.95. The fourth-order valence-electron chi connectivity index (χ4n) is 6.49. The molecular formula is C30H47N7O2. The highest BCUT2D eigenvalue weighted by Crippen LogP contribution is 2.29. The van der Waals surface area contributed by atoms with E-state index in [-0.39, 0.29) is 11.9 Å². The highest BCUT2D eigenvalue weighted by atomic mass is 16.5. The number of nitrogens with one attached hydrogen (secondary N) is 2. The molecule has 2 aromatic rings. The number of hydrogen-bond acceptors (Lipinski definition) is 7. The zero-order chi connectivity index (χ0) is 27.4. The first-order valence-corrected chi connectivity index (χ1v) is 15.0. The summed E-state index contributed by atoms with van der Waals surface area (Å²) < 4.78 is 7.76. The maximum absolute atomic E-state index is 13.2. The second kappa shape index (κ2) is 12.7. The van der Waals surface area contributed by atoms with E-state index in [0.29, 0.717) is 6.04 Å². The maximum atomic E-state index is 13.2. The molecule has 1 saturated carbocycles. The molecule has 1 saturated heterocycles. The van der Waals surface area contributed by atoms with Gasteiger partial charge in [0.1, 0.15) is 5.82 Å². The Morgan fingerprint density at radius 3 is 2.49 bits per heavy atom. The third-order valence-electron chi connectivity index (χ3n) is 8.76. The van der Waals surface area contributed by atoms with Crippen LogP contribution in [0.25, 0.3) is 0 Å². The van der Waals surface area contributed by atoms with Gasteiger partial charge in [-0.1, -0.05) is 0 Å². The topological polar surface area (TPSA) is 87.6 Å². The molecule has 2 aliphatic carbocycles. The van der Waals surface area contributed by atoms with E-state index < -0.39 is 0 Å². The van der Waals surface area contributed by atoms with Crippen molar-refractivity contribution in [3.63, 3.8) is 0 Å². The molecule has 0 unspecified atom stereocenters. The fraction of sp³-hybridized carbons (Fsp3) is 0.700. The second-order valence-electron chi connectivity index (χ2n) is 11.8. The van der Waals surface area contributed by atoms with Crippen molar-refractivity contribution in [2.45, 2.75) is 90.3 Å². The van der Waals surface area contributed by atoms with Crippen LogP contribution in [0.3, 0.4) is 0 Å². The summed E-state index contributed by atoms with van der Waals surface area (Å²) in [6.07, 6.45) is 9.56. The van der Waals surface area contributed by atoms with Crippen LogP contribution in [0.4, 0.5) is 11.8 Å². The Hall–Kier alpha value is -2.65. The van der Waals surface area contributed by atoms with Crippen LogP contribution in [-0.2, 0) is 24.1 Å². The third-order valence-corrected chi connectivity index (χ3v) is 8.76. The SMILES string of the molecule is Cc1cc(C(=O)NC2CCC(Nc3nc4c(c(N(C)C)n3)CCCC4)CC2)c(C)n1CCCN1CCOCC1. The molecule has 2 aromatic heterocycles. The minimum Gasteiger partial charge on any atom is -0.379 e. The van der Waals surface area contributed by atoms with Crippen LogP contribution in [0, 0.1) is 13.8 Å². The number of ether oxygens (including phenoxy) is 1. The number of nitrogens with zero attached hydrogens (tertiary/aromatic N) is 5. The minimum atomic E-state index is 0.0626. The predicted molar refractivity (Wildman–Crippen MR) is 156 cm³/mol. The summed E-state index contributed by atoms with van der Waals surface area (Å²) in [7, 11) is 4.13. The third kappa shape index (κ3) is 6.74. The van der Waals surface area contributed by atoms with Crippen molar-refractivity contribution in [3.8, 4) is 0 Å². The standard InChI is InChI=1S/C30H47N7O2/c1-21-20-26(22(2)37(21)15-7-14-36-16-18-39-19-17-36)29(38)31-23-10-12-24(13-11-23)32-30-33-27-9-6-5-8-25(27)28(34-30)35(3)4/h20,23-24H,5-19H2,1-4H3,(H,31,38)(H,32,33,34). The molecular weight excluding hydrogens is 490 g/mol. The van der Waals surface area contributed by atoms with Crippen molar-refractivity contribution < 1.29 is 9.53 Å². The Morgan fingerprint density at radius 1 is 1.03 bits per heavy atom. The van der Waals surface area contributed by atoms with Gasteiger partial charge in [0.15, 0.2) is 0 Å². The summed E-state index contributed by atoms with van der Waals surface area (Å²) in [4.78, 5) is 27.6. The number of carbonyl (C=O) groups is 1. The van der Waals surface area contributed by atoms with Gasteiger partial charge >= 0.3 is 0 Å². The number of rotatable bonds is 9. The lowest BCUT2D eigenvalue weighted by Gasteiger charge is -2.30. The van der Waals surface area contributed by atoms with E-state index in [1.807, 2.05) is 0 Å². The van der Waals surface area contributed by atoms with E-state index in [0.717, 1.165) is 113 Å². The van der Waals surface area contributed by atoms with Crippen molar-refractivity contribution in [3.05, 3.63) is 34.3 Å². The lowest BCUT2D eigenvalue weighted by atomic mass is 9.91. The number of morpholine rings is 1. The molecule has 1 amide bonds. The first-order valence-electron chi connectivity index (χ1n) is 15.0. The van der Waals surface area contributed by atoms with Crippen LogP contribution in [-0.4, -0.2) is 84.4 Å². The molecule has 1 aliphatic heterocycles. The average molecular weight is 538 g/mol. The molecule has 3 aliphatic rings. The first-order chi connectivity index (χ1) is 18.9. The summed E-state index contributed by atoms with van der Waals surface area (Å²) in [5.74, 6) is 1.88. The Labute approximate surface area is 233 Å². The lowest BCUT2D eigenvalue weighted by molar-refractivity contribution is 0.0369. The van der Waals surface area contributed by atoms with Gasteiger partial charge in [0.05, 0.1) is 24.5 Å². The van der Waals surface area contributed by atoms with Crippen LogP contribution in [0.2, 0.25) is 0 Å². The Kier molecular flexibility index (Phi) is 9.07. The number of anilines is 2. The Morgan fingerprint density at radius 2 is 1.74 bits per heavy atom. The number of aromatic nitrogens is 3. The molecule has 2 fully saturated rings. The van der Waals surface area contributed by atoms with E-state index in [4.69, 9.17) is 14.7 Å².